The van der Waals surface area contributed by atoms with Crippen molar-refractivity contribution in [2.75, 3.05) is 23.9 Å². The van der Waals surface area contributed by atoms with E-state index >= 15 is 0 Å². The third kappa shape index (κ3) is 5.27. The van der Waals surface area contributed by atoms with Crippen molar-refractivity contribution in [1.29, 1.82) is 0 Å². The van der Waals surface area contributed by atoms with Crippen molar-refractivity contribution in [3.05, 3.63) is 59.3 Å². The van der Waals surface area contributed by atoms with E-state index in [0.717, 1.165) is 78.9 Å². The van der Waals surface area contributed by atoms with Gasteiger partial charge in [0.15, 0.2) is 11.5 Å². The highest BCUT2D eigenvalue weighted by molar-refractivity contribution is 5.73. The first kappa shape index (κ1) is 27.6. The third-order valence-corrected chi connectivity index (χ3v) is 8.28. The molecule has 3 aromatic heterocycles. The van der Waals surface area contributed by atoms with E-state index in [1.54, 1.807) is 18.0 Å². The van der Waals surface area contributed by atoms with Gasteiger partial charge in [-0.25, -0.2) is 24.9 Å². The molecule has 7 rings (SSSR count). The van der Waals surface area contributed by atoms with Crippen molar-refractivity contribution >= 4 is 11.6 Å². The summed E-state index contributed by atoms with van der Waals surface area (Å²) >= 11 is 0. The van der Waals surface area contributed by atoms with Crippen molar-refractivity contribution < 1.29 is 17.9 Å². The first-order chi connectivity index (χ1) is 20.7. The van der Waals surface area contributed by atoms with Gasteiger partial charge < -0.3 is 19.5 Å². The molecule has 224 valence electrons. The number of imidazole rings is 1. The predicted octanol–water partition coefficient (Wildman–Crippen LogP) is 6.42. The molecule has 4 aromatic rings. The molecule has 0 unspecified atom stereocenters. The summed E-state index contributed by atoms with van der Waals surface area (Å²) in [5, 5.41) is 3.43. The number of ether oxygens (including phenoxy) is 1. The van der Waals surface area contributed by atoms with E-state index in [4.69, 9.17) is 14.7 Å². The fourth-order valence-corrected chi connectivity index (χ4v) is 5.77. The average Bonchev–Trinajstić information content (AvgIpc) is 3.92. The molecule has 0 amide bonds. The summed E-state index contributed by atoms with van der Waals surface area (Å²) in [7, 11) is 1.60. The molecule has 1 aromatic carbocycles. The predicted molar refractivity (Wildman–Crippen MR) is 156 cm³/mol. The Bertz CT molecular complexity index is 1660. The van der Waals surface area contributed by atoms with Crippen LogP contribution in [0.15, 0.2) is 36.8 Å². The van der Waals surface area contributed by atoms with Crippen LogP contribution >= 0.6 is 0 Å². The van der Waals surface area contributed by atoms with Crippen LogP contribution in [0.5, 0.6) is 5.88 Å². The highest BCUT2D eigenvalue weighted by Crippen LogP contribution is 2.46. The van der Waals surface area contributed by atoms with Crippen molar-refractivity contribution in [2.45, 2.75) is 76.7 Å². The lowest BCUT2D eigenvalue weighted by Gasteiger charge is -2.26. The average molecular weight is 591 g/mol. The van der Waals surface area contributed by atoms with E-state index in [2.05, 4.69) is 25.2 Å². The number of alkyl halides is 3. The summed E-state index contributed by atoms with van der Waals surface area (Å²) in [6.07, 6.45) is 3.23. The minimum Gasteiger partial charge on any atom is -0.480 e. The third-order valence-electron chi connectivity index (χ3n) is 8.28. The lowest BCUT2D eigenvalue weighted by Crippen LogP contribution is -2.27. The molecular weight excluding hydrogens is 557 g/mol. The maximum atomic E-state index is 13.4. The second kappa shape index (κ2) is 10.5. The zero-order chi connectivity index (χ0) is 29.9. The number of benzene rings is 1. The van der Waals surface area contributed by atoms with E-state index in [-0.39, 0.29) is 6.04 Å². The molecule has 3 aliphatic rings. The number of rotatable bonds is 9. The van der Waals surface area contributed by atoms with Gasteiger partial charge in [0.2, 0.25) is 5.88 Å². The Morgan fingerprint density at radius 2 is 1.81 bits per heavy atom. The molecule has 1 N–H and O–H groups in total. The summed E-state index contributed by atoms with van der Waals surface area (Å²) in [5.74, 6) is 3.43. The molecule has 2 saturated carbocycles. The lowest BCUT2D eigenvalue weighted by atomic mass is 10.1. The Hall–Kier alpha value is -4.22. The molecule has 0 atom stereocenters. The number of methoxy groups -OCH3 is 1. The number of nitrogens with zero attached hydrogens (tertiary/aromatic N) is 7. The van der Waals surface area contributed by atoms with Gasteiger partial charge in [0.05, 0.1) is 12.8 Å². The summed E-state index contributed by atoms with van der Waals surface area (Å²) in [6.45, 7) is 5.09. The number of fused-ring (bicyclic) bond motifs is 1. The van der Waals surface area contributed by atoms with Gasteiger partial charge in [-0.15, -0.1) is 0 Å². The Labute approximate surface area is 247 Å². The SMILES string of the molecule is COc1ncnc(C2CC2)c1-c1nc2c(c(N(Cc3ccc(-c4nc(C(F)(F)F)cn4C(C)C)cc3)C3CC3)n1)CCN2. The number of halogens is 3. The lowest BCUT2D eigenvalue weighted by molar-refractivity contribution is -0.140. The highest BCUT2D eigenvalue weighted by Gasteiger charge is 2.37. The van der Waals surface area contributed by atoms with Gasteiger partial charge in [0.1, 0.15) is 29.4 Å². The van der Waals surface area contributed by atoms with E-state index in [9.17, 15) is 13.2 Å². The maximum absolute atomic E-state index is 13.4. The zero-order valence-corrected chi connectivity index (χ0v) is 24.3. The first-order valence-electron chi connectivity index (χ1n) is 14.8. The summed E-state index contributed by atoms with van der Waals surface area (Å²) in [4.78, 5) is 25.4. The fraction of sp³-hybridized carbons (Fsp3) is 0.452. The molecule has 43 heavy (non-hydrogen) atoms. The number of hydrogen-bond acceptors (Lipinski definition) is 8. The zero-order valence-electron chi connectivity index (χ0n) is 24.3. The largest absolute Gasteiger partial charge is 0.480 e. The Morgan fingerprint density at radius 3 is 2.47 bits per heavy atom. The van der Waals surface area contributed by atoms with Gasteiger partial charge >= 0.3 is 6.18 Å². The number of aromatic nitrogens is 6. The molecule has 1 aliphatic heterocycles. The van der Waals surface area contributed by atoms with Crippen LogP contribution in [-0.4, -0.2) is 49.2 Å². The van der Waals surface area contributed by atoms with Crippen molar-refractivity contribution in [2.24, 2.45) is 0 Å². The van der Waals surface area contributed by atoms with Gasteiger partial charge in [-0.1, -0.05) is 24.3 Å². The quantitative estimate of drug-likeness (QED) is 0.239. The maximum Gasteiger partial charge on any atom is 0.434 e. The minimum atomic E-state index is -4.50. The molecule has 0 radical (unpaired) electrons. The summed E-state index contributed by atoms with van der Waals surface area (Å²) < 4.78 is 47.5. The number of hydrogen-bond donors (Lipinski definition) is 1. The molecule has 12 heteroatoms. The van der Waals surface area contributed by atoms with E-state index in [1.807, 2.05) is 38.1 Å². The first-order valence-corrected chi connectivity index (χ1v) is 14.8. The second-order valence-electron chi connectivity index (χ2n) is 11.8. The Morgan fingerprint density at radius 1 is 1.05 bits per heavy atom. The fourth-order valence-electron chi connectivity index (χ4n) is 5.77. The van der Waals surface area contributed by atoms with Crippen LogP contribution in [0.4, 0.5) is 24.8 Å². The minimum absolute atomic E-state index is 0.166. The Kier molecular flexibility index (Phi) is 6.74. The summed E-state index contributed by atoms with van der Waals surface area (Å²) in [6, 6.07) is 7.83. The van der Waals surface area contributed by atoms with Gasteiger partial charge in [0, 0.05) is 48.4 Å². The molecule has 0 spiro atoms. The van der Waals surface area contributed by atoms with Crippen LogP contribution in [0, 0.1) is 0 Å². The van der Waals surface area contributed by atoms with E-state index in [1.165, 1.54) is 0 Å². The van der Waals surface area contributed by atoms with Crippen molar-refractivity contribution in [1.82, 2.24) is 29.5 Å². The monoisotopic (exact) mass is 590 g/mol. The Balaban J connectivity index is 1.24. The molecule has 4 heterocycles. The number of anilines is 2. The highest BCUT2D eigenvalue weighted by atomic mass is 19.4. The molecule has 2 fully saturated rings. The van der Waals surface area contributed by atoms with Crippen molar-refractivity contribution in [3.63, 3.8) is 0 Å². The standard InChI is InChI=1S/C31H33F3N8O/c1-17(2)41-15-23(31(32,33)34)38-28(41)20-6-4-18(5-7-20)14-42(21-10-11-21)29-22-12-13-35-26(22)39-27(40-29)24-25(19-8-9-19)36-16-37-30(24)43-3/h4-7,15-17,19,21H,8-14H2,1-3H3,(H,35,39,40). The topological polar surface area (TPSA) is 93.9 Å². The van der Waals surface area contributed by atoms with Crippen LogP contribution in [0.1, 0.15) is 74.0 Å². The van der Waals surface area contributed by atoms with Gasteiger partial charge in [-0.2, -0.15) is 13.2 Å². The van der Waals surface area contributed by atoms with Gasteiger partial charge in [-0.3, -0.25) is 0 Å². The molecule has 9 nitrogen and oxygen atoms in total. The van der Waals surface area contributed by atoms with Crippen LogP contribution in [0.2, 0.25) is 0 Å². The van der Waals surface area contributed by atoms with Gasteiger partial charge in [0.25, 0.3) is 0 Å². The van der Waals surface area contributed by atoms with Crippen molar-refractivity contribution in [3.8, 4) is 28.7 Å². The van der Waals surface area contributed by atoms with Crippen LogP contribution in [0.25, 0.3) is 22.8 Å². The normalized spacial score (nSPS) is 16.3. The van der Waals surface area contributed by atoms with Crippen LogP contribution in [-0.2, 0) is 19.1 Å². The smallest absolute Gasteiger partial charge is 0.434 e. The molecule has 0 saturated heterocycles. The number of nitrogens with one attached hydrogen (secondary N) is 1. The van der Waals surface area contributed by atoms with E-state index in [0.29, 0.717) is 41.6 Å². The van der Waals surface area contributed by atoms with Crippen LogP contribution in [0.3, 0.4) is 0 Å². The van der Waals surface area contributed by atoms with E-state index < -0.39 is 11.9 Å². The molecule has 2 aliphatic carbocycles. The molecular formula is C31H33F3N8O. The molecule has 0 bridgehead atoms. The van der Waals surface area contributed by atoms with Gasteiger partial charge in [-0.05, 0) is 51.5 Å². The second-order valence-corrected chi connectivity index (χ2v) is 11.8. The summed E-state index contributed by atoms with van der Waals surface area (Å²) in [5.41, 5.74) is 3.57. The van der Waals surface area contributed by atoms with Crippen LogP contribution < -0.4 is 15.0 Å².